The van der Waals surface area contributed by atoms with E-state index in [9.17, 15) is 0 Å². The highest BCUT2D eigenvalue weighted by atomic mass is 16.5. The number of benzene rings is 2. The van der Waals surface area contributed by atoms with Gasteiger partial charge in [-0.25, -0.2) is 0 Å². The Bertz CT molecular complexity index is 746. The van der Waals surface area contributed by atoms with Crippen LogP contribution < -0.4 is 10.5 Å². The van der Waals surface area contributed by atoms with Crippen molar-refractivity contribution in [2.45, 2.75) is 19.9 Å². The van der Waals surface area contributed by atoms with Crippen molar-refractivity contribution in [3.8, 4) is 5.75 Å². The van der Waals surface area contributed by atoms with Crippen LogP contribution in [0, 0.1) is 0 Å². The number of rotatable bonds is 5. The van der Waals surface area contributed by atoms with Crippen LogP contribution in [-0.4, -0.2) is 11.2 Å². The van der Waals surface area contributed by atoms with Crippen LogP contribution in [0.15, 0.2) is 54.7 Å². The van der Waals surface area contributed by atoms with Crippen molar-refractivity contribution in [2.24, 2.45) is 0 Å². The minimum Gasteiger partial charge on any atom is -0.494 e. The predicted octanol–water partition coefficient (Wildman–Crippen LogP) is 4.06. The zero-order chi connectivity index (χ0) is 14.7. The minimum absolute atomic E-state index is 0.757. The summed E-state index contributed by atoms with van der Waals surface area (Å²) >= 11 is 0. The van der Waals surface area contributed by atoms with Gasteiger partial charge in [0, 0.05) is 29.3 Å². The lowest BCUT2D eigenvalue weighted by atomic mass is 10.2. The van der Waals surface area contributed by atoms with E-state index in [1.165, 1.54) is 10.9 Å². The molecule has 1 heterocycles. The number of para-hydroxylation sites is 1. The molecule has 0 unspecified atom stereocenters. The van der Waals surface area contributed by atoms with Crippen LogP contribution >= 0.6 is 0 Å². The summed E-state index contributed by atoms with van der Waals surface area (Å²) in [5.74, 6) is 0.932. The Kier molecular flexibility index (Phi) is 3.82. The molecule has 0 bridgehead atoms. The number of hydrogen-bond donors (Lipinski definition) is 1. The van der Waals surface area contributed by atoms with Crippen molar-refractivity contribution < 1.29 is 4.74 Å². The lowest BCUT2D eigenvalue weighted by Crippen LogP contribution is -2.01. The lowest BCUT2D eigenvalue weighted by Gasteiger charge is -2.09. The third-order valence-electron chi connectivity index (χ3n) is 3.61. The van der Waals surface area contributed by atoms with Crippen LogP contribution in [0.2, 0.25) is 0 Å². The Balaban J connectivity index is 1.88. The van der Waals surface area contributed by atoms with Gasteiger partial charge in [0.1, 0.15) is 5.75 Å². The molecule has 0 saturated carbocycles. The molecule has 0 aliphatic heterocycles. The summed E-state index contributed by atoms with van der Waals surface area (Å²) < 4.78 is 7.89. The Morgan fingerprint density at radius 3 is 2.76 bits per heavy atom. The van der Waals surface area contributed by atoms with Crippen molar-refractivity contribution in [3.63, 3.8) is 0 Å². The second-order valence-corrected chi connectivity index (χ2v) is 5.21. The topological polar surface area (TPSA) is 40.2 Å². The molecule has 3 aromatic rings. The van der Waals surface area contributed by atoms with Gasteiger partial charge in [-0.05, 0) is 42.3 Å². The SMILES string of the molecule is CCCOc1ccc2c(ccn2Cc2ccccc2N)c1. The first kappa shape index (κ1) is 13.6. The summed E-state index contributed by atoms with van der Waals surface area (Å²) in [6.07, 6.45) is 3.12. The van der Waals surface area contributed by atoms with Gasteiger partial charge in [0.05, 0.1) is 6.61 Å². The Morgan fingerprint density at radius 2 is 1.95 bits per heavy atom. The van der Waals surface area contributed by atoms with Gasteiger partial charge < -0.3 is 15.0 Å². The maximum absolute atomic E-state index is 6.03. The van der Waals surface area contributed by atoms with Crippen LogP contribution in [-0.2, 0) is 6.54 Å². The molecule has 2 aromatic carbocycles. The molecular weight excluding hydrogens is 260 g/mol. The highest BCUT2D eigenvalue weighted by Gasteiger charge is 2.05. The number of anilines is 1. The fraction of sp³-hybridized carbons (Fsp3) is 0.222. The molecule has 0 amide bonds. The molecule has 0 radical (unpaired) electrons. The number of nitrogens with two attached hydrogens (primary N) is 1. The molecule has 0 spiro atoms. The maximum atomic E-state index is 6.03. The van der Waals surface area contributed by atoms with Gasteiger partial charge in [-0.3, -0.25) is 0 Å². The fourth-order valence-electron chi connectivity index (χ4n) is 2.49. The zero-order valence-electron chi connectivity index (χ0n) is 12.3. The number of nitrogens with zero attached hydrogens (tertiary/aromatic N) is 1. The van der Waals surface area contributed by atoms with Crippen LogP contribution in [0.5, 0.6) is 5.75 Å². The second kappa shape index (κ2) is 5.92. The smallest absolute Gasteiger partial charge is 0.120 e. The number of hydrogen-bond acceptors (Lipinski definition) is 2. The first-order chi connectivity index (χ1) is 10.3. The van der Waals surface area contributed by atoms with E-state index in [2.05, 4.69) is 42.0 Å². The maximum Gasteiger partial charge on any atom is 0.120 e. The molecule has 3 rings (SSSR count). The van der Waals surface area contributed by atoms with Gasteiger partial charge >= 0.3 is 0 Å². The van der Waals surface area contributed by atoms with Crippen LogP contribution in [0.4, 0.5) is 5.69 Å². The van der Waals surface area contributed by atoms with Crippen molar-refractivity contribution >= 4 is 16.6 Å². The van der Waals surface area contributed by atoms with Gasteiger partial charge in [0.2, 0.25) is 0 Å². The van der Waals surface area contributed by atoms with E-state index >= 15 is 0 Å². The summed E-state index contributed by atoms with van der Waals surface area (Å²) in [6.45, 7) is 3.65. The first-order valence-electron chi connectivity index (χ1n) is 7.33. The molecule has 108 valence electrons. The van der Waals surface area contributed by atoms with E-state index in [1.807, 2.05) is 24.3 Å². The minimum atomic E-state index is 0.757. The van der Waals surface area contributed by atoms with E-state index in [-0.39, 0.29) is 0 Å². The van der Waals surface area contributed by atoms with Crippen molar-refractivity contribution in [3.05, 3.63) is 60.3 Å². The summed E-state index contributed by atoms with van der Waals surface area (Å²) in [6, 6.07) is 16.3. The second-order valence-electron chi connectivity index (χ2n) is 5.21. The Morgan fingerprint density at radius 1 is 1.10 bits per heavy atom. The van der Waals surface area contributed by atoms with Gasteiger partial charge in [-0.1, -0.05) is 25.1 Å². The molecule has 0 fully saturated rings. The molecule has 3 nitrogen and oxygen atoms in total. The molecule has 0 aliphatic carbocycles. The molecule has 0 atom stereocenters. The van der Waals surface area contributed by atoms with Gasteiger partial charge in [0.15, 0.2) is 0 Å². The normalized spacial score (nSPS) is 10.9. The van der Waals surface area contributed by atoms with Gasteiger partial charge in [-0.15, -0.1) is 0 Å². The summed E-state index contributed by atoms with van der Waals surface area (Å²) in [7, 11) is 0. The molecule has 0 saturated heterocycles. The molecule has 3 heteroatoms. The average Bonchev–Trinajstić information content (AvgIpc) is 2.90. The first-order valence-corrected chi connectivity index (χ1v) is 7.33. The van der Waals surface area contributed by atoms with Crippen LogP contribution in [0.1, 0.15) is 18.9 Å². The standard InChI is InChI=1S/C18H20N2O/c1-2-11-21-16-7-8-18-14(12-16)9-10-20(18)13-15-5-3-4-6-17(15)19/h3-10,12H,2,11,13,19H2,1H3. The highest BCUT2D eigenvalue weighted by molar-refractivity contribution is 5.81. The monoisotopic (exact) mass is 280 g/mol. The molecule has 21 heavy (non-hydrogen) atoms. The van der Waals surface area contributed by atoms with E-state index in [1.54, 1.807) is 0 Å². The molecule has 1 aromatic heterocycles. The fourth-order valence-corrected chi connectivity index (χ4v) is 2.49. The summed E-state index contributed by atoms with van der Waals surface area (Å²) in [5.41, 5.74) is 9.20. The number of fused-ring (bicyclic) bond motifs is 1. The van der Waals surface area contributed by atoms with Crippen molar-refractivity contribution in [2.75, 3.05) is 12.3 Å². The van der Waals surface area contributed by atoms with Crippen molar-refractivity contribution in [1.29, 1.82) is 0 Å². The summed E-state index contributed by atoms with van der Waals surface area (Å²) in [4.78, 5) is 0. The van der Waals surface area contributed by atoms with Crippen LogP contribution in [0.3, 0.4) is 0 Å². The lowest BCUT2D eigenvalue weighted by molar-refractivity contribution is 0.318. The number of nitrogen functional groups attached to an aromatic ring is 1. The average molecular weight is 280 g/mol. The Hall–Kier alpha value is -2.42. The van der Waals surface area contributed by atoms with Crippen LogP contribution in [0.25, 0.3) is 10.9 Å². The molecule has 2 N–H and O–H groups in total. The zero-order valence-corrected chi connectivity index (χ0v) is 12.3. The third-order valence-corrected chi connectivity index (χ3v) is 3.61. The van der Waals surface area contributed by atoms with E-state index in [4.69, 9.17) is 10.5 Å². The largest absolute Gasteiger partial charge is 0.494 e. The van der Waals surface area contributed by atoms with Gasteiger partial charge in [-0.2, -0.15) is 0 Å². The molecule has 0 aliphatic rings. The number of ether oxygens (including phenoxy) is 1. The van der Waals surface area contributed by atoms with Gasteiger partial charge in [0.25, 0.3) is 0 Å². The van der Waals surface area contributed by atoms with E-state index in [0.717, 1.165) is 36.6 Å². The quantitative estimate of drug-likeness (QED) is 0.716. The van der Waals surface area contributed by atoms with Crippen molar-refractivity contribution in [1.82, 2.24) is 4.57 Å². The third kappa shape index (κ3) is 2.87. The summed E-state index contributed by atoms with van der Waals surface area (Å²) in [5, 5.41) is 1.19. The molecular formula is C18H20N2O. The predicted molar refractivity (Wildman–Crippen MR) is 87.7 cm³/mol. The highest BCUT2D eigenvalue weighted by Crippen LogP contribution is 2.24. The number of aromatic nitrogens is 1. The van der Waals surface area contributed by atoms with E-state index in [0.29, 0.717) is 0 Å². The van der Waals surface area contributed by atoms with E-state index < -0.39 is 0 Å². The Labute approximate surface area is 125 Å².